The molecule has 1 aliphatic rings. The molecule has 0 aliphatic heterocycles. The first kappa shape index (κ1) is 13.7. The maximum Gasteiger partial charge on any atom is 0.267 e. The molecule has 0 saturated heterocycles. The van der Waals surface area contributed by atoms with Crippen molar-refractivity contribution < 1.29 is 4.79 Å². The summed E-state index contributed by atoms with van der Waals surface area (Å²) >= 11 is 6.97. The van der Waals surface area contributed by atoms with Gasteiger partial charge in [0.05, 0.1) is 5.69 Å². The number of hydrogen-bond donors (Lipinski definition) is 0. The molecule has 2 rings (SSSR count). The van der Waals surface area contributed by atoms with E-state index in [0.717, 1.165) is 18.5 Å². The van der Waals surface area contributed by atoms with E-state index >= 15 is 0 Å². The number of carbonyl (C=O) groups is 1. The van der Waals surface area contributed by atoms with Crippen LogP contribution in [0, 0.1) is 0 Å². The smallest absolute Gasteiger partial charge is 0.267 e. The second-order valence-electron chi connectivity index (χ2n) is 5.62. The molecule has 1 aliphatic carbocycles. The van der Waals surface area contributed by atoms with Crippen LogP contribution in [0.25, 0.3) is 0 Å². The Bertz CT molecular complexity index is 437. The predicted molar refractivity (Wildman–Crippen MR) is 73.4 cm³/mol. The minimum atomic E-state index is -0.159. The number of aromatic nitrogens is 2. The maximum atomic E-state index is 12.5. The summed E-state index contributed by atoms with van der Waals surface area (Å²) in [6, 6.07) is 0.367. The summed E-state index contributed by atoms with van der Waals surface area (Å²) in [6.45, 7) is 6.74. The summed E-state index contributed by atoms with van der Waals surface area (Å²) in [4.78, 5) is 15.1. The third kappa shape index (κ3) is 2.83. The van der Waals surface area contributed by atoms with Gasteiger partial charge in [-0.3, -0.25) is 4.79 Å². The highest BCUT2D eigenvalue weighted by Crippen LogP contribution is 2.32. The molecular weight excluding hydrogens is 270 g/mol. The molecule has 0 bridgehead atoms. The zero-order valence-electron chi connectivity index (χ0n) is 10.9. The van der Waals surface area contributed by atoms with E-state index in [4.69, 9.17) is 11.6 Å². The van der Waals surface area contributed by atoms with Crippen molar-refractivity contribution in [2.75, 3.05) is 12.4 Å². The monoisotopic (exact) mass is 287 g/mol. The van der Waals surface area contributed by atoms with Crippen molar-refractivity contribution in [1.29, 1.82) is 0 Å². The molecule has 1 aromatic rings. The minimum absolute atomic E-state index is 0.0399. The second-order valence-corrected chi connectivity index (χ2v) is 6.75. The molecule has 1 amide bonds. The van der Waals surface area contributed by atoms with E-state index < -0.39 is 0 Å². The Morgan fingerprint density at radius 1 is 1.50 bits per heavy atom. The van der Waals surface area contributed by atoms with Gasteiger partial charge in [-0.1, -0.05) is 25.3 Å². The van der Waals surface area contributed by atoms with Crippen LogP contribution >= 0.6 is 23.1 Å². The molecule has 1 saturated carbocycles. The highest BCUT2D eigenvalue weighted by molar-refractivity contribution is 7.08. The zero-order chi connectivity index (χ0) is 13.3. The van der Waals surface area contributed by atoms with Crippen LogP contribution in [-0.2, 0) is 5.41 Å². The van der Waals surface area contributed by atoms with E-state index in [1.165, 1.54) is 11.5 Å². The molecule has 1 aromatic heterocycles. The van der Waals surface area contributed by atoms with Crippen molar-refractivity contribution in [2.24, 2.45) is 0 Å². The normalized spacial score (nSPS) is 15.8. The van der Waals surface area contributed by atoms with Gasteiger partial charge < -0.3 is 4.90 Å². The lowest BCUT2D eigenvalue weighted by molar-refractivity contribution is 0.0756. The molecule has 100 valence electrons. The number of nitrogens with zero attached hydrogens (tertiary/aromatic N) is 3. The lowest BCUT2D eigenvalue weighted by atomic mass is 9.91. The summed E-state index contributed by atoms with van der Waals surface area (Å²) in [5.41, 5.74) is 0.631. The van der Waals surface area contributed by atoms with Crippen LogP contribution in [0.4, 0.5) is 0 Å². The van der Waals surface area contributed by atoms with Crippen molar-refractivity contribution in [3.8, 4) is 0 Å². The first-order valence-electron chi connectivity index (χ1n) is 6.15. The maximum absolute atomic E-state index is 12.5. The van der Waals surface area contributed by atoms with Crippen LogP contribution in [0.5, 0.6) is 0 Å². The SMILES string of the molecule is CC(C)(C)c1nnsc1C(=O)N(CCCl)C1CC1. The molecular formula is C12H18ClN3OS. The van der Waals surface area contributed by atoms with Crippen molar-refractivity contribution >= 4 is 29.0 Å². The van der Waals surface area contributed by atoms with Crippen LogP contribution in [0.3, 0.4) is 0 Å². The molecule has 18 heavy (non-hydrogen) atoms. The number of rotatable bonds is 4. The number of alkyl halides is 1. The van der Waals surface area contributed by atoms with Gasteiger partial charge in [-0.05, 0) is 24.4 Å². The first-order valence-corrected chi connectivity index (χ1v) is 7.45. The number of carbonyl (C=O) groups excluding carboxylic acids is 1. The van der Waals surface area contributed by atoms with Gasteiger partial charge in [-0.25, -0.2) is 0 Å². The summed E-state index contributed by atoms with van der Waals surface area (Å²) < 4.78 is 3.94. The Hall–Kier alpha value is -0.680. The van der Waals surface area contributed by atoms with Crippen molar-refractivity contribution in [2.45, 2.75) is 45.1 Å². The van der Waals surface area contributed by atoms with Crippen molar-refractivity contribution in [3.05, 3.63) is 10.6 Å². The Morgan fingerprint density at radius 3 is 2.67 bits per heavy atom. The molecule has 4 nitrogen and oxygen atoms in total. The van der Waals surface area contributed by atoms with Gasteiger partial charge in [-0.15, -0.1) is 16.7 Å². The lowest BCUT2D eigenvalue weighted by Crippen LogP contribution is -2.35. The Kier molecular flexibility index (Phi) is 3.92. The van der Waals surface area contributed by atoms with Gasteiger partial charge in [0, 0.05) is 23.9 Å². The lowest BCUT2D eigenvalue weighted by Gasteiger charge is -2.23. The van der Waals surface area contributed by atoms with Gasteiger partial charge in [-0.2, -0.15) is 0 Å². The first-order chi connectivity index (χ1) is 8.45. The topological polar surface area (TPSA) is 46.1 Å². The molecule has 0 radical (unpaired) electrons. The Morgan fingerprint density at radius 2 is 2.17 bits per heavy atom. The van der Waals surface area contributed by atoms with Crippen LogP contribution in [0.2, 0.25) is 0 Å². The third-order valence-corrected chi connectivity index (χ3v) is 3.85. The van der Waals surface area contributed by atoms with Gasteiger partial charge in [0.15, 0.2) is 0 Å². The van der Waals surface area contributed by atoms with Crippen LogP contribution in [-0.4, -0.2) is 38.9 Å². The highest BCUT2D eigenvalue weighted by atomic mass is 35.5. The number of halogens is 1. The van der Waals surface area contributed by atoms with Crippen molar-refractivity contribution in [3.63, 3.8) is 0 Å². The van der Waals surface area contributed by atoms with Gasteiger partial charge >= 0.3 is 0 Å². The van der Waals surface area contributed by atoms with E-state index in [1.54, 1.807) is 0 Å². The molecule has 0 N–H and O–H groups in total. The quantitative estimate of drug-likeness (QED) is 0.800. The number of amides is 1. The summed E-state index contributed by atoms with van der Waals surface area (Å²) in [5, 5.41) is 4.12. The fraction of sp³-hybridized carbons (Fsp3) is 0.750. The van der Waals surface area contributed by atoms with E-state index in [-0.39, 0.29) is 11.3 Å². The largest absolute Gasteiger partial charge is 0.334 e. The van der Waals surface area contributed by atoms with Gasteiger partial charge in [0.25, 0.3) is 5.91 Å². The van der Waals surface area contributed by atoms with Crippen LogP contribution < -0.4 is 0 Å². The van der Waals surface area contributed by atoms with Crippen LogP contribution in [0.15, 0.2) is 0 Å². The van der Waals surface area contributed by atoms with Crippen LogP contribution in [0.1, 0.15) is 49.0 Å². The highest BCUT2D eigenvalue weighted by Gasteiger charge is 2.36. The summed E-state index contributed by atoms with van der Waals surface area (Å²) in [6.07, 6.45) is 2.17. The Balaban J connectivity index is 2.24. The fourth-order valence-corrected chi connectivity index (χ4v) is 2.89. The fourth-order valence-electron chi connectivity index (χ4n) is 1.88. The van der Waals surface area contributed by atoms with Gasteiger partial charge in [0.2, 0.25) is 0 Å². The second kappa shape index (κ2) is 5.13. The van der Waals surface area contributed by atoms with Crippen molar-refractivity contribution in [1.82, 2.24) is 14.5 Å². The Labute approximate surface area is 116 Å². The molecule has 0 aromatic carbocycles. The number of hydrogen-bond acceptors (Lipinski definition) is 4. The van der Waals surface area contributed by atoms with E-state index in [1.807, 2.05) is 25.7 Å². The molecule has 1 fully saturated rings. The van der Waals surface area contributed by atoms with Gasteiger partial charge in [0.1, 0.15) is 4.88 Å². The third-order valence-electron chi connectivity index (χ3n) is 2.97. The predicted octanol–water partition coefficient (Wildman–Crippen LogP) is 2.68. The zero-order valence-corrected chi connectivity index (χ0v) is 12.5. The average molecular weight is 288 g/mol. The molecule has 6 heteroatoms. The van der Waals surface area contributed by atoms with E-state index in [2.05, 4.69) is 9.59 Å². The molecule has 0 atom stereocenters. The van der Waals surface area contributed by atoms with E-state index in [9.17, 15) is 4.79 Å². The molecule has 1 heterocycles. The molecule has 0 unspecified atom stereocenters. The summed E-state index contributed by atoms with van der Waals surface area (Å²) in [7, 11) is 0. The average Bonchev–Trinajstić information content (AvgIpc) is 2.98. The van der Waals surface area contributed by atoms with E-state index in [0.29, 0.717) is 23.3 Å². The standard InChI is InChI=1S/C12H18ClN3OS/c1-12(2,3)10-9(18-15-14-10)11(17)16(7-6-13)8-4-5-8/h8H,4-7H2,1-3H3. The summed E-state index contributed by atoms with van der Waals surface area (Å²) in [5.74, 6) is 0.511. The molecule has 0 spiro atoms. The minimum Gasteiger partial charge on any atom is -0.334 e.